The summed E-state index contributed by atoms with van der Waals surface area (Å²) in [6.07, 6.45) is 5.57. The Kier molecular flexibility index (Phi) is 7.14. The molecule has 0 saturated carbocycles. The molecule has 0 saturated heterocycles. The number of hydrogen-bond donors (Lipinski definition) is 1. The Bertz CT molecular complexity index is 417. The van der Waals surface area contributed by atoms with Crippen molar-refractivity contribution in [1.82, 2.24) is 5.32 Å². The molecule has 1 atom stereocenters. The number of hydrogen-bond acceptors (Lipinski definition) is 1. The van der Waals surface area contributed by atoms with Crippen LogP contribution >= 0.6 is 15.9 Å². The molecule has 0 aliphatic heterocycles. The van der Waals surface area contributed by atoms with Gasteiger partial charge in [0.2, 0.25) is 0 Å². The first-order chi connectivity index (χ1) is 9.10. The monoisotopic (exact) mass is 325 g/mol. The highest BCUT2D eigenvalue weighted by Crippen LogP contribution is 2.19. The summed E-state index contributed by atoms with van der Waals surface area (Å²) in [6.45, 7) is 6.32. The van der Waals surface area contributed by atoms with Crippen molar-refractivity contribution in [2.24, 2.45) is 0 Å². The van der Waals surface area contributed by atoms with Crippen LogP contribution in [-0.2, 0) is 0 Å². The van der Waals surface area contributed by atoms with E-state index < -0.39 is 0 Å². The van der Waals surface area contributed by atoms with E-state index in [-0.39, 0.29) is 5.91 Å². The fourth-order valence-corrected chi connectivity index (χ4v) is 2.57. The van der Waals surface area contributed by atoms with Gasteiger partial charge >= 0.3 is 0 Å². The average Bonchev–Trinajstić information content (AvgIpc) is 2.39. The second-order valence-electron chi connectivity index (χ2n) is 5.01. The highest BCUT2D eigenvalue weighted by atomic mass is 79.9. The topological polar surface area (TPSA) is 29.1 Å². The average molecular weight is 326 g/mol. The van der Waals surface area contributed by atoms with Gasteiger partial charge in [-0.25, -0.2) is 0 Å². The highest BCUT2D eigenvalue weighted by molar-refractivity contribution is 9.10. The van der Waals surface area contributed by atoms with Crippen LogP contribution in [0.4, 0.5) is 0 Å². The first-order valence-electron chi connectivity index (χ1n) is 7.16. The molecule has 106 valence electrons. The Morgan fingerprint density at radius 2 is 2.00 bits per heavy atom. The lowest BCUT2D eigenvalue weighted by atomic mass is 10.0. The van der Waals surface area contributed by atoms with E-state index >= 15 is 0 Å². The Balaban J connectivity index is 2.72. The van der Waals surface area contributed by atoms with Crippen molar-refractivity contribution in [2.75, 3.05) is 0 Å². The fourth-order valence-electron chi connectivity index (χ4n) is 2.20. The van der Waals surface area contributed by atoms with Crippen molar-refractivity contribution in [1.29, 1.82) is 0 Å². The van der Waals surface area contributed by atoms with Gasteiger partial charge in [-0.05, 0) is 37.5 Å². The molecular weight excluding hydrogens is 302 g/mol. The van der Waals surface area contributed by atoms with E-state index in [1.165, 1.54) is 12.8 Å². The molecule has 1 amide bonds. The number of carbonyl (C=O) groups is 1. The Labute approximate surface area is 125 Å². The van der Waals surface area contributed by atoms with Crippen LogP contribution < -0.4 is 5.32 Å². The van der Waals surface area contributed by atoms with E-state index in [0.717, 1.165) is 34.9 Å². The maximum atomic E-state index is 12.3. The zero-order valence-electron chi connectivity index (χ0n) is 12.1. The molecule has 0 aliphatic carbocycles. The minimum Gasteiger partial charge on any atom is -0.349 e. The standard InChI is InChI=1S/C16H24BrNO/c1-4-6-9-13(8-5-2)18-16(19)14-10-7-11-15(17)12(14)3/h7,10-11,13H,4-6,8-9H2,1-3H3,(H,18,19). The van der Waals surface area contributed by atoms with Crippen LogP contribution in [0.2, 0.25) is 0 Å². The quantitative estimate of drug-likeness (QED) is 0.763. The van der Waals surface area contributed by atoms with E-state index in [4.69, 9.17) is 0 Å². The van der Waals surface area contributed by atoms with E-state index in [1.54, 1.807) is 0 Å². The third kappa shape index (κ3) is 4.98. The smallest absolute Gasteiger partial charge is 0.251 e. The predicted octanol–water partition coefficient (Wildman–Crippen LogP) is 4.85. The summed E-state index contributed by atoms with van der Waals surface area (Å²) in [7, 11) is 0. The number of nitrogens with one attached hydrogen (secondary N) is 1. The van der Waals surface area contributed by atoms with Crippen molar-refractivity contribution in [3.8, 4) is 0 Å². The molecule has 0 bridgehead atoms. The van der Waals surface area contributed by atoms with Crippen molar-refractivity contribution >= 4 is 21.8 Å². The fraction of sp³-hybridized carbons (Fsp3) is 0.562. The minimum absolute atomic E-state index is 0.0494. The normalized spacial score (nSPS) is 12.2. The van der Waals surface area contributed by atoms with Crippen molar-refractivity contribution < 1.29 is 4.79 Å². The van der Waals surface area contributed by atoms with Crippen molar-refractivity contribution in [2.45, 2.75) is 58.9 Å². The second-order valence-corrected chi connectivity index (χ2v) is 5.87. The van der Waals surface area contributed by atoms with Gasteiger partial charge in [-0.15, -0.1) is 0 Å². The van der Waals surface area contributed by atoms with Crippen LogP contribution in [0.3, 0.4) is 0 Å². The minimum atomic E-state index is 0.0494. The Morgan fingerprint density at radius 1 is 1.26 bits per heavy atom. The van der Waals surface area contributed by atoms with Crippen molar-refractivity contribution in [3.63, 3.8) is 0 Å². The molecule has 0 aliphatic rings. The number of unbranched alkanes of at least 4 members (excludes halogenated alkanes) is 1. The summed E-state index contributed by atoms with van der Waals surface area (Å²) in [5.74, 6) is 0.0494. The summed E-state index contributed by atoms with van der Waals surface area (Å²) < 4.78 is 0.987. The van der Waals surface area contributed by atoms with Crippen LogP contribution in [-0.4, -0.2) is 11.9 Å². The van der Waals surface area contributed by atoms with Crippen LogP contribution in [0, 0.1) is 6.92 Å². The molecule has 0 fully saturated rings. The number of rotatable bonds is 7. The van der Waals surface area contributed by atoms with E-state index in [0.29, 0.717) is 6.04 Å². The molecule has 0 radical (unpaired) electrons. The number of carbonyl (C=O) groups excluding carboxylic acids is 1. The van der Waals surface area contributed by atoms with Gasteiger partial charge < -0.3 is 5.32 Å². The van der Waals surface area contributed by atoms with Gasteiger partial charge in [-0.3, -0.25) is 4.79 Å². The Hall–Kier alpha value is -0.830. The molecule has 19 heavy (non-hydrogen) atoms. The molecule has 1 unspecified atom stereocenters. The third-order valence-electron chi connectivity index (χ3n) is 3.39. The largest absolute Gasteiger partial charge is 0.349 e. The zero-order chi connectivity index (χ0) is 14.3. The lowest BCUT2D eigenvalue weighted by molar-refractivity contribution is 0.0931. The van der Waals surface area contributed by atoms with Gasteiger partial charge in [0.05, 0.1) is 0 Å². The van der Waals surface area contributed by atoms with Crippen LogP contribution in [0.1, 0.15) is 61.9 Å². The molecule has 0 heterocycles. The van der Waals surface area contributed by atoms with Gasteiger partial charge in [-0.1, -0.05) is 55.1 Å². The SMILES string of the molecule is CCCCC(CCC)NC(=O)c1cccc(Br)c1C. The van der Waals surface area contributed by atoms with Crippen LogP contribution in [0.25, 0.3) is 0 Å². The van der Waals surface area contributed by atoms with Gasteiger partial charge in [0, 0.05) is 16.1 Å². The number of halogens is 1. The Morgan fingerprint density at radius 3 is 2.63 bits per heavy atom. The first-order valence-corrected chi connectivity index (χ1v) is 7.95. The van der Waals surface area contributed by atoms with Gasteiger partial charge in [0.1, 0.15) is 0 Å². The molecule has 1 N–H and O–H groups in total. The summed E-state index contributed by atoms with van der Waals surface area (Å²) >= 11 is 3.47. The second kappa shape index (κ2) is 8.36. The predicted molar refractivity (Wildman–Crippen MR) is 84.6 cm³/mol. The zero-order valence-corrected chi connectivity index (χ0v) is 13.7. The highest BCUT2D eigenvalue weighted by Gasteiger charge is 2.15. The lowest BCUT2D eigenvalue weighted by Gasteiger charge is -2.18. The maximum absolute atomic E-state index is 12.3. The van der Waals surface area contributed by atoms with Crippen molar-refractivity contribution in [3.05, 3.63) is 33.8 Å². The molecule has 0 aromatic heterocycles. The van der Waals surface area contributed by atoms with Gasteiger partial charge in [0.15, 0.2) is 0 Å². The van der Waals surface area contributed by atoms with Crippen LogP contribution in [0.5, 0.6) is 0 Å². The number of benzene rings is 1. The van der Waals surface area contributed by atoms with Crippen LogP contribution in [0.15, 0.2) is 22.7 Å². The van der Waals surface area contributed by atoms with E-state index in [9.17, 15) is 4.79 Å². The van der Waals surface area contributed by atoms with Gasteiger partial charge in [0.25, 0.3) is 5.91 Å². The lowest BCUT2D eigenvalue weighted by Crippen LogP contribution is -2.35. The summed E-state index contributed by atoms with van der Waals surface area (Å²) in [4.78, 5) is 12.3. The first kappa shape index (κ1) is 16.2. The van der Waals surface area contributed by atoms with E-state index in [2.05, 4.69) is 35.1 Å². The third-order valence-corrected chi connectivity index (χ3v) is 4.25. The molecule has 2 nitrogen and oxygen atoms in total. The molecular formula is C16H24BrNO. The molecule has 1 aromatic carbocycles. The number of amides is 1. The summed E-state index contributed by atoms with van der Waals surface area (Å²) in [5.41, 5.74) is 1.78. The maximum Gasteiger partial charge on any atom is 0.251 e. The summed E-state index contributed by atoms with van der Waals surface area (Å²) in [6, 6.07) is 6.06. The van der Waals surface area contributed by atoms with E-state index in [1.807, 2.05) is 25.1 Å². The molecule has 1 aromatic rings. The van der Waals surface area contributed by atoms with Gasteiger partial charge in [-0.2, -0.15) is 0 Å². The summed E-state index contributed by atoms with van der Waals surface area (Å²) in [5, 5.41) is 3.18. The molecule has 0 spiro atoms. The molecule has 1 rings (SSSR count). The molecule has 3 heteroatoms.